The molecule has 0 bridgehead atoms. The van der Waals surface area contributed by atoms with Crippen molar-refractivity contribution >= 4 is 46.7 Å². The highest BCUT2D eigenvalue weighted by Gasteiger charge is 2.12. The lowest BCUT2D eigenvalue weighted by Gasteiger charge is -2.10. The normalized spacial score (nSPS) is 10.8. The zero-order valence-corrected chi connectivity index (χ0v) is 17.8. The second kappa shape index (κ2) is 10.5. The van der Waals surface area contributed by atoms with Crippen molar-refractivity contribution in [3.63, 3.8) is 0 Å². The summed E-state index contributed by atoms with van der Waals surface area (Å²) >= 11 is 12.6. The maximum atomic E-state index is 14.1. The minimum atomic E-state index is -0.674. The van der Waals surface area contributed by atoms with Crippen LogP contribution in [0.5, 0.6) is 0 Å². The van der Waals surface area contributed by atoms with Crippen LogP contribution in [0.1, 0.15) is 5.69 Å². The Morgan fingerprint density at radius 1 is 1.23 bits per heavy atom. The van der Waals surface area contributed by atoms with Crippen LogP contribution in [-0.2, 0) is 17.8 Å². The summed E-state index contributed by atoms with van der Waals surface area (Å²) in [5.41, 5.74) is 0.633. The first-order valence-corrected chi connectivity index (χ1v) is 10.3. The smallest absolute Gasteiger partial charge is 0.287 e. The molecule has 0 aliphatic rings. The van der Waals surface area contributed by atoms with E-state index >= 15 is 0 Å². The van der Waals surface area contributed by atoms with E-state index < -0.39 is 17.3 Å². The van der Waals surface area contributed by atoms with E-state index in [4.69, 9.17) is 23.2 Å². The van der Waals surface area contributed by atoms with Gasteiger partial charge >= 0.3 is 0 Å². The second-order valence-corrected chi connectivity index (χ2v) is 7.75. The Morgan fingerprint density at radius 3 is 2.83 bits per heavy atom. The molecular formula is C19H16Cl2FN5O2S. The number of hydrogen-bond acceptors (Lipinski definition) is 6. The van der Waals surface area contributed by atoms with Crippen LogP contribution in [0.15, 0.2) is 58.5 Å². The highest BCUT2D eigenvalue weighted by molar-refractivity contribution is 7.97. The number of anilines is 1. The van der Waals surface area contributed by atoms with Crippen molar-refractivity contribution in [2.24, 2.45) is 0 Å². The summed E-state index contributed by atoms with van der Waals surface area (Å²) in [6, 6.07) is 9.84. The summed E-state index contributed by atoms with van der Waals surface area (Å²) in [5.74, 6) is -0.945. The summed E-state index contributed by atoms with van der Waals surface area (Å²) < 4.78 is 18.0. The molecule has 2 aromatic heterocycles. The monoisotopic (exact) mass is 467 g/mol. The molecule has 0 fully saturated rings. The van der Waals surface area contributed by atoms with Crippen LogP contribution in [0.4, 0.5) is 10.1 Å². The summed E-state index contributed by atoms with van der Waals surface area (Å²) in [6.07, 6.45) is 3.59. The number of rotatable bonds is 8. The zero-order chi connectivity index (χ0) is 21.5. The van der Waals surface area contributed by atoms with Gasteiger partial charge in [0, 0.05) is 30.5 Å². The van der Waals surface area contributed by atoms with Gasteiger partial charge in [-0.15, -0.1) is 0 Å². The minimum absolute atomic E-state index is 0.00840. The molecule has 0 aliphatic heterocycles. The van der Waals surface area contributed by atoms with E-state index in [0.717, 1.165) is 22.3 Å². The number of amides is 1. The van der Waals surface area contributed by atoms with E-state index in [9.17, 15) is 14.0 Å². The molecule has 11 heteroatoms. The summed E-state index contributed by atoms with van der Waals surface area (Å²) in [6.45, 7) is 0.224. The molecule has 0 unspecified atom stereocenters. The molecule has 1 amide bonds. The number of nitrogens with zero attached hydrogens (tertiary/aromatic N) is 3. The van der Waals surface area contributed by atoms with Gasteiger partial charge in [0.1, 0.15) is 17.4 Å². The molecule has 0 spiro atoms. The van der Waals surface area contributed by atoms with Crippen molar-refractivity contribution in [3.8, 4) is 0 Å². The Morgan fingerprint density at radius 2 is 2.07 bits per heavy atom. The third kappa shape index (κ3) is 6.02. The van der Waals surface area contributed by atoms with Gasteiger partial charge < -0.3 is 5.32 Å². The molecule has 30 heavy (non-hydrogen) atoms. The molecule has 0 saturated carbocycles. The van der Waals surface area contributed by atoms with Gasteiger partial charge in [-0.3, -0.25) is 19.3 Å². The Balaban J connectivity index is 1.57. The number of carbonyl (C=O) groups is 1. The van der Waals surface area contributed by atoms with E-state index in [1.165, 1.54) is 24.4 Å². The predicted octanol–water partition coefficient (Wildman–Crippen LogP) is 3.56. The van der Waals surface area contributed by atoms with Crippen LogP contribution < -0.4 is 15.6 Å². The van der Waals surface area contributed by atoms with Crippen molar-refractivity contribution in [1.82, 2.24) is 19.5 Å². The Labute approximate surface area is 185 Å². The highest BCUT2D eigenvalue weighted by Crippen LogP contribution is 2.23. The average Bonchev–Trinajstić information content (AvgIpc) is 2.74. The van der Waals surface area contributed by atoms with Gasteiger partial charge in [-0.05, 0) is 42.3 Å². The number of nitrogens with one attached hydrogen (secondary N) is 2. The van der Waals surface area contributed by atoms with Crippen LogP contribution in [0.3, 0.4) is 0 Å². The largest absolute Gasteiger partial charge is 0.324 e. The van der Waals surface area contributed by atoms with Gasteiger partial charge in [-0.1, -0.05) is 29.3 Å². The predicted molar refractivity (Wildman–Crippen MR) is 115 cm³/mol. The fraction of sp³-hybridized carbons (Fsp3) is 0.158. The van der Waals surface area contributed by atoms with Crippen LogP contribution in [0, 0.1) is 5.82 Å². The summed E-state index contributed by atoms with van der Waals surface area (Å²) in [4.78, 5) is 28.7. The molecule has 2 N–H and O–H groups in total. The van der Waals surface area contributed by atoms with E-state index in [1.807, 2.05) is 18.2 Å². The first kappa shape index (κ1) is 22.2. The average molecular weight is 468 g/mol. The van der Waals surface area contributed by atoms with Crippen molar-refractivity contribution in [2.45, 2.75) is 17.9 Å². The summed E-state index contributed by atoms with van der Waals surface area (Å²) in [7, 11) is 0. The molecule has 3 aromatic rings. The lowest BCUT2D eigenvalue weighted by molar-refractivity contribution is -0.117. The van der Waals surface area contributed by atoms with Crippen LogP contribution in [0.2, 0.25) is 10.0 Å². The van der Waals surface area contributed by atoms with Crippen LogP contribution >= 0.6 is 35.1 Å². The van der Waals surface area contributed by atoms with Gasteiger partial charge in [-0.2, -0.15) is 5.10 Å². The Bertz CT molecular complexity index is 1100. The maximum absolute atomic E-state index is 14.1. The maximum Gasteiger partial charge on any atom is 0.287 e. The van der Waals surface area contributed by atoms with Crippen LogP contribution in [-0.4, -0.2) is 27.2 Å². The van der Waals surface area contributed by atoms with E-state index in [0.29, 0.717) is 23.5 Å². The number of hydrogen-bond donors (Lipinski definition) is 2. The first-order chi connectivity index (χ1) is 14.4. The van der Waals surface area contributed by atoms with Crippen molar-refractivity contribution in [1.29, 1.82) is 0 Å². The van der Waals surface area contributed by atoms with Crippen LogP contribution in [0.25, 0.3) is 0 Å². The third-order valence-electron chi connectivity index (χ3n) is 3.84. The fourth-order valence-electron chi connectivity index (χ4n) is 2.41. The SMILES string of the molecule is O=C(Cn1ncc(Cl)c(Cl)c1=O)Nc1ccc(F)c(SNCCc2ccccn2)c1. The molecule has 0 aliphatic carbocycles. The van der Waals surface area contributed by atoms with Gasteiger partial charge in [0.2, 0.25) is 5.91 Å². The second-order valence-electron chi connectivity index (χ2n) is 6.03. The fourth-order valence-corrected chi connectivity index (χ4v) is 3.39. The van der Waals surface area contributed by atoms with Gasteiger partial charge in [0.15, 0.2) is 0 Å². The molecule has 1 aromatic carbocycles. The first-order valence-electron chi connectivity index (χ1n) is 8.74. The van der Waals surface area contributed by atoms with Gasteiger partial charge in [0.05, 0.1) is 16.1 Å². The van der Waals surface area contributed by atoms with E-state index in [2.05, 4.69) is 20.1 Å². The molecule has 156 valence electrons. The zero-order valence-electron chi connectivity index (χ0n) is 15.4. The number of halogens is 3. The molecule has 3 rings (SSSR count). The minimum Gasteiger partial charge on any atom is -0.324 e. The summed E-state index contributed by atoms with van der Waals surface area (Å²) in [5, 5.41) is 6.17. The molecular weight excluding hydrogens is 452 g/mol. The standard InChI is InChI=1S/C19H16Cl2FN5O2S/c20-14-10-24-27(19(29)18(14)21)11-17(28)26-13-4-5-15(22)16(9-13)30-25-8-6-12-3-1-2-7-23-12/h1-5,7,9-10,25H,6,8,11H2,(H,26,28). The number of pyridine rings is 1. The highest BCUT2D eigenvalue weighted by atomic mass is 35.5. The van der Waals surface area contributed by atoms with Crippen molar-refractivity contribution in [2.75, 3.05) is 11.9 Å². The molecule has 0 radical (unpaired) electrons. The Hall–Kier alpha value is -2.46. The quantitative estimate of drug-likeness (QED) is 0.388. The topological polar surface area (TPSA) is 88.9 Å². The van der Waals surface area contributed by atoms with Gasteiger partial charge in [0.25, 0.3) is 5.56 Å². The Kier molecular flexibility index (Phi) is 7.81. The molecule has 2 heterocycles. The van der Waals surface area contributed by atoms with Crippen molar-refractivity contribution in [3.05, 3.63) is 80.7 Å². The number of aromatic nitrogens is 3. The lowest BCUT2D eigenvalue weighted by Crippen LogP contribution is -2.29. The molecule has 7 nitrogen and oxygen atoms in total. The van der Waals surface area contributed by atoms with E-state index in [1.54, 1.807) is 6.20 Å². The lowest BCUT2D eigenvalue weighted by atomic mass is 10.3. The third-order valence-corrected chi connectivity index (χ3v) is 5.47. The van der Waals surface area contributed by atoms with Gasteiger partial charge in [-0.25, -0.2) is 9.07 Å². The number of benzene rings is 1. The molecule has 0 saturated heterocycles. The number of carbonyl (C=O) groups excluding carboxylic acids is 1. The van der Waals surface area contributed by atoms with E-state index in [-0.39, 0.29) is 16.6 Å². The van der Waals surface area contributed by atoms with Crippen molar-refractivity contribution < 1.29 is 9.18 Å². The molecule has 0 atom stereocenters.